The molecule has 1 aliphatic carbocycles. The number of likely N-dealkylation sites (tertiary alicyclic amines) is 1. The second-order valence-corrected chi connectivity index (χ2v) is 7.70. The molecular formula is C13H20Cl2N2O2. The van der Waals surface area contributed by atoms with Gasteiger partial charge in [0.2, 0.25) is 11.8 Å². The summed E-state index contributed by atoms with van der Waals surface area (Å²) in [4.78, 5) is 25.6. The van der Waals surface area contributed by atoms with Gasteiger partial charge in [-0.1, -0.05) is 13.8 Å². The summed E-state index contributed by atoms with van der Waals surface area (Å²) in [7, 11) is 0. The summed E-state index contributed by atoms with van der Waals surface area (Å²) < 4.78 is -0.687. The maximum atomic E-state index is 12.1. The van der Waals surface area contributed by atoms with Gasteiger partial charge in [-0.3, -0.25) is 9.59 Å². The van der Waals surface area contributed by atoms with Crippen molar-refractivity contribution in [3.05, 3.63) is 0 Å². The second kappa shape index (κ2) is 5.49. The Morgan fingerprint density at radius 1 is 1.47 bits per heavy atom. The highest BCUT2D eigenvalue weighted by Gasteiger charge is 2.43. The molecule has 4 nitrogen and oxygen atoms in total. The van der Waals surface area contributed by atoms with Gasteiger partial charge in [0.1, 0.15) is 4.33 Å². The molecule has 0 bridgehead atoms. The number of halogens is 2. The molecule has 1 atom stereocenters. The molecule has 1 N–H and O–H groups in total. The van der Waals surface area contributed by atoms with Crippen LogP contribution in [0.2, 0.25) is 0 Å². The van der Waals surface area contributed by atoms with E-state index < -0.39 is 4.33 Å². The van der Waals surface area contributed by atoms with E-state index in [-0.39, 0.29) is 23.8 Å². The van der Waals surface area contributed by atoms with Crippen LogP contribution in [-0.2, 0) is 9.59 Å². The van der Waals surface area contributed by atoms with Crippen molar-refractivity contribution in [2.45, 2.75) is 43.5 Å². The van der Waals surface area contributed by atoms with Gasteiger partial charge in [0.15, 0.2) is 0 Å². The van der Waals surface area contributed by atoms with Crippen molar-refractivity contribution in [1.82, 2.24) is 10.2 Å². The first-order valence-corrected chi connectivity index (χ1v) is 7.48. The lowest BCUT2D eigenvalue weighted by Gasteiger charge is -2.38. The van der Waals surface area contributed by atoms with Crippen LogP contribution < -0.4 is 5.32 Å². The van der Waals surface area contributed by atoms with Crippen LogP contribution in [0.5, 0.6) is 0 Å². The molecule has 2 fully saturated rings. The topological polar surface area (TPSA) is 49.4 Å². The summed E-state index contributed by atoms with van der Waals surface area (Å²) in [5.74, 6) is 0.220. The molecule has 1 aliphatic heterocycles. The molecule has 0 spiro atoms. The molecule has 0 aromatic heterocycles. The quantitative estimate of drug-likeness (QED) is 0.807. The summed E-state index contributed by atoms with van der Waals surface area (Å²) in [5.41, 5.74) is 0. The molecule has 108 valence electrons. The van der Waals surface area contributed by atoms with Crippen LogP contribution in [0.3, 0.4) is 0 Å². The zero-order valence-corrected chi connectivity index (χ0v) is 12.8. The largest absolute Gasteiger partial charge is 0.353 e. The average Bonchev–Trinajstić information content (AvgIpc) is 2.57. The van der Waals surface area contributed by atoms with Gasteiger partial charge in [-0.2, -0.15) is 0 Å². The second-order valence-electron chi connectivity index (χ2n) is 6.06. The zero-order valence-electron chi connectivity index (χ0n) is 11.3. The van der Waals surface area contributed by atoms with Crippen LogP contribution in [0.15, 0.2) is 0 Å². The van der Waals surface area contributed by atoms with E-state index >= 15 is 0 Å². The van der Waals surface area contributed by atoms with Crippen molar-refractivity contribution in [3.8, 4) is 0 Å². The Morgan fingerprint density at radius 2 is 2.11 bits per heavy atom. The number of nitrogens with one attached hydrogen (secondary N) is 1. The maximum Gasteiger partial charge on any atom is 0.225 e. The Balaban J connectivity index is 1.80. The minimum absolute atomic E-state index is 0.0477. The number of hydrogen-bond acceptors (Lipinski definition) is 2. The fourth-order valence-corrected chi connectivity index (χ4v) is 3.39. The van der Waals surface area contributed by atoms with Gasteiger partial charge in [-0.15, -0.1) is 23.2 Å². The van der Waals surface area contributed by atoms with E-state index in [4.69, 9.17) is 23.2 Å². The standard InChI is InChI=1S/C13H20Cl2N2O2/c1-8(2)6-17-7-9(3-11(17)18)12(19)16-10-4-13(14,15)5-10/h8-10H,3-7H2,1-2H3,(H,16,19). The predicted molar refractivity (Wildman–Crippen MR) is 75.1 cm³/mol. The van der Waals surface area contributed by atoms with Crippen molar-refractivity contribution in [3.63, 3.8) is 0 Å². The van der Waals surface area contributed by atoms with E-state index in [1.807, 2.05) is 0 Å². The number of hydrogen-bond donors (Lipinski definition) is 1. The minimum atomic E-state index is -0.687. The third kappa shape index (κ3) is 3.76. The van der Waals surface area contributed by atoms with E-state index in [1.54, 1.807) is 4.90 Å². The van der Waals surface area contributed by atoms with Crippen molar-refractivity contribution in [2.75, 3.05) is 13.1 Å². The van der Waals surface area contributed by atoms with Crippen molar-refractivity contribution in [1.29, 1.82) is 0 Å². The molecular weight excluding hydrogens is 287 g/mol. The van der Waals surface area contributed by atoms with Gasteiger partial charge >= 0.3 is 0 Å². The first kappa shape index (κ1) is 14.9. The molecule has 2 amide bonds. The van der Waals surface area contributed by atoms with Crippen LogP contribution >= 0.6 is 23.2 Å². The van der Waals surface area contributed by atoms with Crippen molar-refractivity contribution in [2.24, 2.45) is 11.8 Å². The molecule has 0 aromatic rings. The Kier molecular flexibility index (Phi) is 4.31. The highest BCUT2D eigenvalue weighted by atomic mass is 35.5. The summed E-state index contributed by atoms with van der Waals surface area (Å²) in [6.45, 7) is 5.38. The Labute approximate surface area is 123 Å². The lowest BCUT2D eigenvalue weighted by molar-refractivity contribution is -0.129. The van der Waals surface area contributed by atoms with Crippen molar-refractivity contribution >= 4 is 35.0 Å². The lowest BCUT2D eigenvalue weighted by Crippen LogP contribution is -2.51. The van der Waals surface area contributed by atoms with Crippen LogP contribution in [0, 0.1) is 11.8 Å². The average molecular weight is 307 g/mol. The molecule has 19 heavy (non-hydrogen) atoms. The number of amides is 2. The molecule has 0 radical (unpaired) electrons. The van der Waals surface area contributed by atoms with Gasteiger partial charge in [0, 0.05) is 38.4 Å². The minimum Gasteiger partial charge on any atom is -0.353 e. The molecule has 0 aromatic carbocycles. The fourth-order valence-electron chi connectivity index (χ4n) is 2.65. The van der Waals surface area contributed by atoms with E-state index in [0.717, 1.165) is 6.54 Å². The summed E-state index contributed by atoms with van der Waals surface area (Å²) in [6.07, 6.45) is 1.48. The Morgan fingerprint density at radius 3 is 2.63 bits per heavy atom. The highest BCUT2D eigenvalue weighted by Crippen LogP contribution is 2.42. The fraction of sp³-hybridized carbons (Fsp3) is 0.846. The third-order valence-corrected chi connectivity index (χ3v) is 4.22. The van der Waals surface area contributed by atoms with Gasteiger partial charge in [0.25, 0.3) is 0 Å². The Hall–Kier alpha value is -0.480. The molecule has 2 rings (SSSR count). The monoisotopic (exact) mass is 306 g/mol. The third-order valence-electron chi connectivity index (χ3n) is 3.61. The molecule has 1 saturated heterocycles. The molecule has 6 heteroatoms. The summed E-state index contributed by atoms with van der Waals surface area (Å²) >= 11 is 11.8. The van der Waals surface area contributed by atoms with E-state index in [1.165, 1.54) is 0 Å². The normalized spacial score (nSPS) is 26.7. The zero-order chi connectivity index (χ0) is 14.2. The van der Waals surface area contributed by atoms with Gasteiger partial charge in [-0.25, -0.2) is 0 Å². The van der Waals surface area contributed by atoms with E-state index in [2.05, 4.69) is 19.2 Å². The number of alkyl halides is 2. The van der Waals surface area contributed by atoms with Crippen LogP contribution in [0.1, 0.15) is 33.1 Å². The number of carbonyl (C=O) groups is 2. The van der Waals surface area contributed by atoms with Gasteiger partial charge in [-0.05, 0) is 5.92 Å². The molecule has 2 aliphatic rings. The predicted octanol–water partition coefficient (Wildman–Crippen LogP) is 1.94. The smallest absolute Gasteiger partial charge is 0.225 e. The first-order valence-electron chi connectivity index (χ1n) is 6.73. The number of rotatable bonds is 4. The molecule has 1 saturated carbocycles. The number of nitrogens with zero attached hydrogens (tertiary/aromatic N) is 1. The van der Waals surface area contributed by atoms with Gasteiger partial charge < -0.3 is 10.2 Å². The van der Waals surface area contributed by atoms with Crippen LogP contribution in [0.4, 0.5) is 0 Å². The SMILES string of the molecule is CC(C)CN1CC(C(=O)NC2CC(Cl)(Cl)C2)CC1=O. The summed E-state index contributed by atoms with van der Waals surface area (Å²) in [5, 5.41) is 2.92. The van der Waals surface area contributed by atoms with E-state index in [0.29, 0.717) is 31.7 Å². The Bertz CT molecular complexity index is 377. The van der Waals surface area contributed by atoms with Gasteiger partial charge in [0.05, 0.1) is 5.92 Å². The highest BCUT2D eigenvalue weighted by molar-refractivity contribution is 6.49. The molecule has 1 heterocycles. The maximum absolute atomic E-state index is 12.1. The number of carbonyl (C=O) groups excluding carboxylic acids is 2. The lowest BCUT2D eigenvalue weighted by atomic mass is 9.91. The summed E-state index contributed by atoms with van der Waals surface area (Å²) in [6, 6.07) is 0.0525. The van der Waals surface area contributed by atoms with E-state index in [9.17, 15) is 9.59 Å². The van der Waals surface area contributed by atoms with Crippen LogP contribution in [-0.4, -0.2) is 40.2 Å². The van der Waals surface area contributed by atoms with Crippen molar-refractivity contribution < 1.29 is 9.59 Å². The first-order chi connectivity index (χ1) is 8.77. The van der Waals surface area contributed by atoms with Crippen LogP contribution in [0.25, 0.3) is 0 Å². The molecule has 1 unspecified atom stereocenters.